The van der Waals surface area contributed by atoms with E-state index in [2.05, 4.69) is 44.4 Å². The lowest BCUT2D eigenvalue weighted by molar-refractivity contribution is 0.101. The van der Waals surface area contributed by atoms with Gasteiger partial charge in [-0.05, 0) is 82.8 Å². The second kappa shape index (κ2) is 9.42. The van der Waals surface area contributed by atoms with Crippen LogP contribution in [0.2, 0.25) is 0 Å². The zero-order valence-electron chi connectivity index (χ0n) is 16.6. The standard InChI is InChI=1S/C21H42N2/c1-6-22-13-7-9-20(15-22)18(4)11-12-19(5)21-10-8-14-23(16-21)17(2)3/h17-21H,6-16H2,1-5H3. The van der Waals surface area contributed by atoms with E-state index in [9.17, 15) is 0 Å². The van der Waals surface area contributed by atoms with Gasteiger partial charge in [-0.1, -0.05) is 33.6 Å². The molecule has 4 atom stereocenters. The molecule has 2 heterocycles. The summed E-state index contributed by atoms with van der Waals surface area (Å²) in [4.78, 5) is 5.37. The molecule has 0 aromatic heterocycles. The summed E-state index contributed by atoms with van der Waals surface area (Å²) < 4.78 is 0. The van der Waals surface area contributed by atoms with Gasteiger partial charge in [0.25, 0.3) is 0 Å². The molecule has 0 aliphatic carbocycles. The molecule has 2 nitrogen and oxygen atoms in total. The van der Waals surface area contributed by atoms with Crippen LogP contribution in [0.1, 0.15) is 73.1 Å². The molecule has 2 fully saturated rings. The summed E-state index contributed by atoms with van der Waals surface area (Å²) in [7, 11) is 0. The van der Waals surface area contributed by atoms with Crippen molar-refractivity contribution in [3.05, 3.63) is 0 Å². The molecule has 4 unspecified atom stereocenters. The van der Waals surface area contributed by atoms with Crippen molar-refractivity contribution in [3.63, 3.8) is 0 Å². The van der Waals surface area contributed by atoms with E-state index >= 15 is 0 Å². The Kier molecular flexibility index (Phi) is 7.88. The Hall–Kier alpha value is -0.0800. The highest BCUT2D eigenvalue weighted by molar-refractivity contribution is 4.81. The molecule has 0 spiro atoms. The van der Waals surface area contributed by atoms with Crippen molar-refractivity contribution < 1.29 is 0 Å². The highest BCUT2D eigenvalue weighted by Gasteiger charge is 2.28. The molecule has 0 N–H and O–H groups in total. The first-order valence-electron chi connectivity index (χ1n) is 10.5. The Morgan fingerprint density at radius 1 is 0.826 bits per heavy atom. The van der Waals surface area contributed by atoms with Crippen molar-refractivity contribution in [2.75, 3.05) is 32.7 Å². The number of hydrogen-bond acceptors (Lipinski definition) is 2. The molecule has 0 aromatic carbocycles. The first-order chi connectivity index (χ1) is 11.0. The van der Waals surface area contributed by atoms with Crippen LogP contribution in [0.4, 0.5) is 0 Å². The fourth-order valence-electron chi connectivity index (χ4n) is 4.81. The summed E-state index contributed by atoms with van der Waals surface area (Å²) >= 11 is 0. The third-order valence-electron chi connectivity index (χ3n) is 6.90. The lowest BCUT2D eigenvalue weighted by atomic mass is 9.78. The highest BCUT2D eigenvalue weighted by atomic mass is 15.2. The van der Waals surface area contributed by atoms with Gasteiger partial charge in [-0.25, -0.2) is 0 Å². The van der Waals surface area contributed by atoms with E-state index in [1.807, 2.05) is 0 Å². The van der Waals surface area contributed by atoms with Gasteiger partial charge in [0.15, 0.2) is 0 Å². The van der Waals surface area contributed by atoms with E-state index in [0.717, 1.165) is 29.7 Å². The maximum atomic E-state index is 2.70. The van der Waals surface area contributed by atoms with Crippen molar-refractivity contribution in [2.45, 2.75) is 79.2 Å². The minimum absolute atomic E-state index is 0.728. The number of hydrogen-bond donors (Lipinski definition) is 0. The van der Waals surface area contributed by atoms with Crippen molar-refractivity contribution in [3.8, 4) is 0 Å². The van der Waals surface area contributed by atoms with Gasteiger partial charge in [0.2, 0.25) is 0 Å². The van der Waals surface area contributed by atoms with E-state index in [1.165, 1.54) is 71.2 Å². The van der Waals surface area contributed by atoms with Gasteiger partial charge in [0.05, 0.1) is 0 Å². The maximum Gasteiger partial charge on any atom is 0.00387 e. The third-order valence-corrected chi connectivity index (χ3v) is 6.90. The normalized spacial score (nSPS) is 30.5. The Morgan fingerprint density at radius 2 is 1.39 bits per heavy atom. The number of nitrogens with zero attached hydrogens (tertiary/aromatic N) is 2. The predicted molar refractivity (Wildman–Crippen MR) is 102 cm³/mol. The van der Waals surface area contributed by atoms with E-state index in [-0.39, 0.29) is 0 Å². The largest absolute Gasteiger partial charge is 0.303 e. The fourth-order valence-corrected chi connectivity index (χ4v) is 4.81. The molecule has 0 amide bonds. The number of piperidine rings is 2. The summed E-state index contributed by atoms with van der Waals surface area (Å²) in [6.07, 6.45) is 8.66. The van der Waals surface area contributed by atoms with Crippen LogP contribution in [0.5, 0.6) is 0 Å². The third kappa shape index (κ3) is 5.74. The molecule has 2 saturated heterocycles. The molecular weight excluding hydrogens is 280 g/mol. The molecule has 0 bridgehead atoms. The molecular formula is C21H42N2. The van der Waals surface area contributed by atoms with E-state index in [4.69, 9.17) is 0 Å². The lowest BCUT2D eigenvalue weighted by Crippen LogP contribution is -2.42. The Balaban J connectivity index is 1.73. The topological polar surface area (TPSA) is 6.48 Å². The van der Waals surface area contributed by atoms with Crippen LogP contribution in [0.25, 0.3) is 0 Å². The smallest absolute Gasteiger partial charge is 0.00387 e. The van der Waals surface area contributed by atoms with Crippen LogP contribution in [-0.4, -0.2) is 48.6 Å². The number of rotatable bonds is 7. The molecule has 23 heavy (non-hydrogen) atoms. The van der Waals surface area contributed by atoms with Crippen molar-refractivity contribution in [2.24, 2.45) is 23.7 Å². The second-order valence-corrected chi connectivity index (χ2v) is 8.82. The van der Waals surface area contributed by atoms with Gasteiger partial charge in [0.1, 0.15) is 0 Å². The fraction of sp³-hybridized carbons (Fsp3) is 1.00. The van der Waals surface area contributed by atoms with Crippen molar-refractivity contribution >= 4 is 0 Å². The quantitative estimate of drug-likeness (QED) is 0.658. The Labute approximate surface area is 146 Å². The van der Waals surface area contributed by atoms with Crippen LogP contribution in [0.3, 0.4) is 0 Å². The minimum atomic E-state index is 0.728. The van der Waals surface area contributed by atoms with Gasteiger partial charge in [0, 0.05) is 19.1 Å². The summed E-state index contributed by atoms with van der Waals surface area (Å²) in [5.74, 6) is 3.72. The summed E-state index contributed by atoms with van der Waals surface area (Å²) in [5, 5.41) is 0. The molecule has 2 aliphatic rings. The van der Waals surface area contributed by atoms with Gasteiger partial charge >= 0.3 is 0 Å². The average molecular weight is 323 g/mol. The highest BCUT2D eigenvalue weighted by Crippen LogP contribution is 2.32. The lowest BCUT2D eigenvalue weighted by Gasteiger charge is -2.39. The van der Waals surface area contributed by atoms with Crippen LogP contribution in [0, 0.1) is 23.7 Å². The SMILES string of the molecule is CCN1CCCC(C(C)CCC(C)C2CCCN(C(C)C)C2)C1. The molecule has 2 heteroatoms. The predicted octanol–water partition coefficient (Wildman–Crippen LogP) is 4.89. The van der Waals surface area contributed by atoms with Crippen molar-refractivity contribution in [1.82, 2.24) is 9.80 Å². The first-order valence-corrected chi connectivity index (χ1v) is 10.5. The van der Waals surface area contributed by atoms with Gasteiger partial charge < -0.3 is 9.80 Å². The molecule has 136 valence electrons. The molecule has 0 saturated carbocycles. The van der Waals surface area contributed by atoms with Crippen LogP contribution < -0.4 is 0 Å². The van der Waals surface area contributed by atoms with Crippen LogP contribution >= 0.6 is 0 Å². The van der Waals surface area contributed by atoms with E-state index in [0.29, 0.717) is 0 Å². The average Bonchev–Trinajstić information content (AvgIpc) is 2.59. The Bertz CT molecular complexity index is 328. The zero-order valence-corrected chi connectivity index (χ0v) is 16.6. The maximum absolute atomic E-state index is 2.70. The summed E-state index contributed by atoms with van der Waals surface area (Å²) in [6.45, 7) is 18.7. The number of likely N-dealkylation sites (tertiary alicyclic amines) is 2. The van der Waals surface area contributed by atoms with E-state index < -0.39 is 0 Å². The van der Waals surface area contributed by atoms with Crippen LogP contribution in [0.15, 0.2) is 0 Å². The van der Waals surface area contributed by atoms with Gasteiger partial charge in [-0.15, -0.1) is 0 Å². The van der Waals surface area contributed by atoms with Gasteiger partial charge in [-0.2, -0.15) is 0 Å². The Morgan fingerprint density at radius 3 is 1.96 bits per heavy atom. The first kappa shape index (κ1) is 19.2. The molecule has 2 rings (SSSR count). The second-order valence-electron chi connectivity index (χ2n) is 8.82. The van der Waals surface area contributed by atoms with Crippen LogP contribution in [-0.2, 0) is 0 Å². The molecule has 2 aliphatic heterocycles. The zero-order chi connectivity index (χ0) is 16.8. The minimum Gasteiger partial charge on any atom is -0.303 e. The van der Waals surface area contributed by atoms with Gasteiger partial charge in [-0.3, -0.25) is 0 Å². The molecule has 0 radical (unpaired) electrons. The summed E-state index contributed by atoms with van der Waals surface area (Å²) in [6, 6.07) is 0.728. The van der Waals surface area contributed by atoms with E-state index in [1.54, 1.807) is 0 Å². The monoisotopic (exact) mass is 322 g/mol. The van der Waals surface area contributed by atoms with Crippen molar-refractivity contribution in [1.29, 1.82) is 0 Å². The summed E-state index contributed by atoms with van der Waals surface area (Å²) in [5.41, 5.74) is 0. The molecule has 0 aromatic rings.